The lowest BCUT2D eigenvalue weighted by Gasteiger charge is -2.15. The first kappa shape index (κ1) is 24.2. The van der Waals surface area contributed by atoms with Gasteiger partial charge in [-0.2, -0.15) is 0 Å². The second-order valence-corrected chi connectivity index (χ2v) is 7.84. The van der Waals surface area contributed by atoms with E-state index in [1.807, 2.05) is 6.07 Å². The summed E-state index contributed by atoms with van der Waals surface area (Å²) in [5.74, 6) is 0.827. The van der Waals surface area contributed by atoms with Gasteiger partial charge in [-0.05, 0) is 37.0 Å². The van der Waals surface area contributed by atoms with E-state index in [1.165, 1.54) is 47.0 Å². The third-order valence-corrected chi connectivity index (χ3v) is 5.65. The number of allylic oxidation sites excluding steroid dienone is 2. The Hall–Kier alpha value is -3.41. The average Bonchev–Trinajstić information content (AvgIpc) is 2.84. The molecule has 0 amide bonds. The molecular formula is C27H32O6. The summed E-state index contributed by atoms with van der Waals surface area (Å²) in [5.41, 5.74) is 1.22. The summed E-state index contributed by atoms with van der Waals surface area (Å²) in [5, 5.41) is 11.1. The molecule has 0 fully saturated rings. The molecule has 0 saturated heterocycles. The normalized spacial score (nSPS) is 11.3. The third-order valence-electron chi connectivity index (χ3n) is 5.65. The molecule has 6 heteroatoms. The SMILES string of the molecule is CCCCCC/C=C/Cc1cccc2c(=O)c(O)c(-c3cc(OC)c(OC)cc3OC)oc12. The number of methoxy groups -OCH3 is 3. The smallest absolute Gasteiger partial charge is 0.235 e. The molecule has 1 N–H and O–H groups in total. The van der Waals surface area contributed by atoms with Crippen molar-refractivity contribution >= 4 is 11.0 Å². The van der Waals surface area contributed by atoms with Gasteiger partial charge in [0.1, 0.15) is 11.3 Å². The molecule has 0 atom stereocenters. The van der Waals surface area contributed by atoms with Crippen molar-refractivity contribution in [3.63, 3.8) is 0 Å². The highest BCUT2D eigenvalue weighted by Crippen LogP contribution is 2.43. The molecule has 0 bridgehead atoms. The summed E-state index contributed by atoms with van der Waals surface area (Å²) < 4.78 is 22.4. The van der Waals surface area contributed by atoms with Gasteiger partial charge in [0.2, 0.25) is 11.2 Å². The average molecular weight is 453 g/mol. The molecule has 0 saturated carbocycles. The monoisotopic (exact) mass is 452 g/mol. The van der Waals surface area contributed by atoms with E-state index >= 15 is 0 Å². The lowest BCUT2D eigenvalue weighted by atomic mass is 10.0. The standard InChI is InChI=1S/C27H32O6/c1-5-6-7-8-9-10-11-13-18-14-12-15-19-24(28)25(29)27(33-26(18)19)20-16-22(31-3)23(32-4)17-21(20)30-2/h10-12,14-17,29H,5-9,13H2,1-4H3/b11-10+. The first-order chi connectivity index (χ1) is 16.0. The minimum absolute atomic E-state index is 0.0290. The molecule has 3 aromatic rings. The van der Waals surface area contributed by atoms with Crippen LogP contribution in [0, 0.1) is 0 Å². The molecule has 0 radical (unpaired) electrons. The van der Waals surface area contributed by atoms with Crippen molar-refractivity contribution in [2.75, 3.05) is 21.3 Å². The van der Waals surface area contributed by atoms with Crippen LogP contribution < -0.4 is 19.6 Å². The summed E-state index contributed by atoms with van der Waals surface area (Å²) in [4.78, 5) is 13.0. The van der Waals surface area contributed by atoms with Gasteiger partial charge in [0.15, 0.2) is 17.3 Å². The van der Waals surface area contributed by atoms with Crippen molar-refractivity contribution in [1.29, 1.82) is 0 Å². The van der Waals surface area contributed by atoms with Crippen LogP contribution in [-0.2, 0) is 6.42 Å². The number of aromatic hydroxyl groups is 1. The molecule has 0 aliphatic carbocycles. The van der Waals surface area contributed by atoms with Gasteiger partial charge in [-0.25, -0.2) is 0 Å². The number of hydrogen-bond acceptors (Lipinski definition) is 6. The van der Waals surface area contributed by atoms with Crippen molar-refractivity contribution in [2.45, 2.75) is 45.4 Å². The van der Waals surface area contributed by atoms with Gasteiger partial charge >= 0.3 is 0 Å². The van der Waals surface area contributed by atoms with Gasteiger partial charge < -0.3 is 23.7 Å². The topological polar surface area (TPSA) is 78.1 Å². The van der Waals surface area contributed by atoms with E-state index in [1.54, 1.807) is 24.3 Å². The van der Waals surface area contributed by atoms with Gasteiger partial charge in [0.25, 0.3) is 0 Å². The molecule has 0 aliphatic heterocycles. The molecule has 0 unspecified atom stereocenters. The van der Waals surface area contributed by atoms with Gasteiger partial charge in [-0.15, -0.1) is 0 Å². The first-order valence-corrected chi connectivity index (χ1v) is 11.3. The number of ether oxygens (including phenoxy) is 3. The zero-order valence-corrected chi connectivity index (χ0v) is 19.8. The summed E-state index contributed by atoms with van der Waals surface area (Å²) in [6.45, 7) is 2.20. The Kier molecular flexibility index (Phi) is 8.41. The summed E-state index contributed by atoms with van der Waals surface area (Å²) in [6, 6.07) is 8.65. The zero-order chi connectivity index (χ0) is 23.8. The second kappa shape index (κ2) is 11.5. The number of unbranched alkanes of at least 4 members (excludes halogenated alkanes) is 4. The number of hydrogen-bond donors (Lipinski definition) is 1. The lowest BCUT2D eigenvalue weighted by Crippen LogP contribution is -2.05. The Labute approximate surface area is 194 Å². The maximum atomic E-state index is 13.0. The predicted molar refractivity (Wildman–Crippen MR) is 131 cm³/mol. The van der Waals surface area contributed by atoms with E-state index in [4.69, 9.17) is 18.6 Å². The van der Waals surface area contributed by atoms with Crippen molar-refractivity contribution in [3.8, 4) is 34.3 Å². The third kappa shape index (κ3) is 5.33. The summed E-state index contributed by atoms with van der Waals surface area (Å²) >= 11 is 0. The Bertz CT molecular complexity index is 1180. The fraction of sp³-hybridized carbons (Fsp3) is 0.370. The maximum absolute atomic E-state index is 13.0. The van der Waals surface area contributed by atoms with Crippen LogP contribution in [0.15, 0.2) is 51.7 Å². The molecule has 33 heavy (non-hydrogen) atoms. The van der Waals surface area contributed by atoms with Crippen LogP contribution in [0.25, 0.3) is 22.3 Å². The zero-order valence-electron chi connectivity index (χ0n) is 19.8. The highest BCUT2D eigenvalue weighted by atomic mass is 16.5. The lowest BCUT2D eigenvalue weighted by molar-refractivity contribution is 0.349. The molecule has 0 aliphatic rings. The van der Waals surface area contributed by atoms with Crippen LogP contribution in [0.5, 0.6) is 23.0 Å². The van der Waals surface area contributed by atoms with E-state index in [9.17, 15) is 9.90 Å². The van der Waals surface area contributed by atoms with Crippen molar-refractivity contribution in [2.24, 2.45) is 0 Å². The van der Waals surface area contributed by atoms with E-state index in [0.29, 0.717) is 40.2 Å². The van der Waals surface area contributed by atoms with Crippen LogP contribution in [0.2, 0.25) is 0 Å². The second-order valence-electron chi connectivity index (χ2n) is 7.84. The Balaban J connectivity index is 2.05. The number of para-hydroxylation sites is 1. The van der Waals surface area contributed by atoms with Crippen LogP contribution in [0.3, 0.4) is 0 Å². The Morgan fingerprint density at radius 1 is 0.939 bits per heavy atom. The maximum Gasteiger partial charge on any atom is 0.235 e. The van der Waals surface area contributed by atoms with Crippen molar-refractivity contribution in [1.82, 2.24) is 0 Å². The van der Waals surface area contributed by atoms with E-state index in [-0.39, 0.29) is 5.76 Å². The fourth-order valence-electron chi connectivity index (χ4n) is 3.83. The molecule has 3 rings (SSSR count). The van der Waals surface area contributed by atoms with Crippen LogP contribution in [0.4, 0.5) is 0 Å². The minimum atomic E-state index is -0.492. The molecule has 1 aromatic heterocycles. The molecule has 2 aromatic carbocycles. The van der Waals surface area contributed by atoms with E-state index in [2.05, 4.69) is 19.1 Å². The molecule has 0 spiro atoms. The van der Waals surface area contributed by atoms with E-state index in [0.717, 1.165) is 12.0 Å². The highest BCUT2D eigenvalue weighted by molar-refractivity contribution is 5.86. The fourth-order valence-corrected chi connectivity index (χ4v) is 3.83. The number of fused-ring (bicyclic) bond motifs is 1. The van der Waals surface area contributed by atoms with Gasteiger partial charge in [-0.1, -0.05) is 50.5 Å². The van der Waals surface area contributed by atoms with Crippen molar-refractivity contribution < 1.29 is 23.7 Å². The summed E-state index contributed by atoms with van der Waals surface area (Å²) in [6.07, 6.45) is 10.8. The van der Waals surface area contributed by atoms with Crippen LogP contribution >= 0.6 is 0 Å². The minimum Gasteiger partial charge on any atom is -0.502 e. The molecule has 176 valence electrons. The van der Waals surface area contributed by atoms with Crippen molar-refractivity contribution in [3.05, 3.63) is 58.3 Å². The van der Waals surface area contributed by atoms with Crippen LogP contribution in [-0.4, -0.2) is 26.4 Å². The summed E-state index contributed by atoms with van der Waals surface area (Å²) in [7, 11) is 4.53. The Morgan fingerprint density at radius 3 is 2.36 bits per heavy atom. The van der Waals surface area contributed by atoms with Gasteiger partial charge in [-0.3, -0.25) is 4.79 Å². The molecule has 1 heterocycles. The highest BCUT2D eigenvalue weighted by Gasteiger charge is 2.22. The predicted octanol–water partition coefficient (Wildman–Crippen LogP) is 6.26. The van der Waals surface area contributed by atoms with Gasteiger partial charge in [0.05, 0.1) is 32.3 Å². The van der Waals surface area contributed by atoms with E-state index < -0.39 is 11.2 Å². The Morgan fingerprint density at radius 2 is 1.67 bits per heavy atom. The van der Waals surface area contributed by atoms with Crippen LogP contribution in [0.1, 0.15) is 44.6 Å². The largest absolute Gasteiger partial charge is 0.502 e. The number of benzene rings is 2. The quantitative estimate of drug-likeness (QED) is 0.273. The molecular weight excluding hydrogens is 420 g/mol. The molecule has 6 nitrogen and oxygen atoms in total. The van der Waals surface area contributed by atoms with Gasteiger partial charge in [0, 0.05) is 6.07 Å². The number of rotatable bonds is 11. The first-order valence-electron chi connectivity index (χ1n) is 11.3.